The number of alkyl halides is 1. The second kappa shape index (κ2) is 4.05. The lowest BCUT2D eigenvalue weighted by Crippen LogP contribution is -2.01. The van der Waals surface area contributed by atoms with Crippen molar-refractivity contribution in [3.63, 3.8) is 0 Å². The maximum atomic E-state index is 11.9. The van der Waals surface area contributed by atoms with Crippen molar-refractivity contribution in [1.82, 2.24) is 0 Å². The second-order valence-corrected chi connectivity index (χ2v) is 3.04. The predicted molar refractivity (Wildman–Crippen MR) is 43.0 cm³/mol. The van der Waals surface area contributed by atoms with E-state index < -0.39 is 6.67 Å². The second-order valence-electron chi connectivity index (χ2n) is 3.04. The van der Waals surface area contributed by atoms with E-state index in [-0.39, 0.29) is 18.3 Å². The van der Waals surface area contributed by atoms with Crippen LogP contribution in [0.3, 0.4) is 0 Å². The number of halogens is 1. The van der Waals surface area contributed by atoms with Gasteiger partial charge in [0.15, 0.2) is 0 Å². The third kappa shape index (κ3) is 2.96. The fraction of sp³-hybridized carbons (Fsp3) is 0.778. The minimum absolute atomic E-state index is 0.203. The third-order valence-electron chi connectivity index (χ3n) is 1.86. The maximum absolute atomic E-state index is 11.9. The van der Waals surface area contributed by atoms with Gasteiger partial charge >= 0.3 is 0 Å². The fourth-order valence-electron chi connectivity index (χ4n) is 0.935. The van der Waals surface area contributed by atoms with Gasteiger partial charge in [-0.1, -0.05) is 11.8 Å². The molecule has 13 heavy (non-hydrogen) atoms. The molecule has 72 valence electrons. The molecular weight excluding hydrogens is 175 g/mol. The molecule has 2 aliphatic heterocycles. The summed E-state index contributed by atoms with van der Waals surface area (Å²) >= 11 is 0. The van der Waals surface area contributed by atoms with Crippen LogP contribution in [0, 0.1) is 11.8 Å². The predicted octanol–water partition coefficient (Wildman–Crippen LogP) is 0.142. The van der Waals surface area contributed by atoms with Gasteiger partial charge in [0.25, 0.3) is 0 Å². The van der Waals surface area contributed by atoms with Gasteiger partial charge in [0.1, 0.15) is 31.6 Å². The molecule has 0 aromatic heterocycles. The average Bonchev–Trinajstić information content (AvgIpc) is 2.99. The number of hydrogen-bond donors (Lipinski definition) is 0. The fourth-order valence-corrected chi connectivity index (χ4v) is 0.935. The van der Waals surface area contributed by atoms with E-state index in [2.05, 4.69) is 11.8 Å². The van der Waals surface area contributed by atoms with E-state index in [0.29, 0.717) is 13.2 Å². The Morgan fingerprint density at radius 3 is 3.00 bits per heavy atom. The van der Waals surface area contributed by atoms with Crippen molar-refractivity contribution in [2.24, 2.45) is 0 Å². The molecule has 3 atom stereocenters. The first-order valence-electron chi connectivity index (χ1n) is 4.29. The third-order valence-corrected chi connectivity index (χ3v) is 1.86. The highest BCUT2D eigenvalue weighted by Crippen LogP contribution is 2.20. The molecule has 3 unspecified atom stereocenters. The van der Waals surface area contributed by atoms with Crippen LogP contribution in [0.1, 0.15) is 0 Å². The van der Waals surface area contributed by atoms with Crippen molar-refractivity contribution in [1.29, 1.82) is 0 Å². The van der Waals surface area contributed by atoms with Crippen LogP contribution < -0.4 is 0 Å². The summed E-state index contributed by atoms with van der Waals surface area (Å²) in [5.74, 6) is 5.55. The average molecular weight is 186 g/mol. The van der Waals surface area contributed by atoms with E-state index >= 15 is 0 Å². The Morgan fingerprint density at radius 1 is 1.54 bits per heavy atom. The quantitative estimate of drug-likeness (QED) is 0.356. The number of epoxide rings is 2. The zero-order chi connectivity index (χ0) is 9.10. The standard InChI is InChI=1S/C9H11FO3/c10-4-9-8(13-9)2-1-3-11-5-7-6-12-7/h7-9H,3-6H2. The van der Waals surface area contributed by atoms with E-state index in [1.807, 2.05) is 0 Å². The first-order valence-corrected chi connectivity index (χ1v) is 4.29. The number of rotatable bonds is 4. The summed E-state index contributed by atoms with van der Waals surface area (Å²) < 4.78 is 26.8. The smallest absolute Gasteiger partial charge is 0.147 e. The van der Waals surface area contributed by atoms with Crippen molar-refractivity contribution >= 4 is 0 Å². The van der Waals surface area contributed by atoms with Crippen LogP contribution >= 0.6 is 0 Å². The lowest BCUT2D eigenvalue weighted by molar-refractivity contribution is 0.145. The van der Waals surface area contributed by atoms with Crippen LogP contribution in [0.4, 0.5) is 4.39 Å². The lowest BCUT2D eigenvalue weighted by Gasteiger charge is -1.92. The summed E-state index contributed by atoms with van der Waals surface area (Å²) in [6.45, 7) is 1.32. The highest BCUT2D eigenvalue weighted by atomic mass is 19.1. The maximum Gasteiger partial charge on any atom is 0.147 e. The zero-order valence-corrected chi connectivity index (χ0v) is 7.16. The normalized spacial score (nSPS) is 35.0. The van der Waals surface area contributed by atoms with Crippen LogP contribution in [-0.4, -0.2) is 44.8 Å². The molecule has 2 saturated heterocycles. The number of ether oxygens (including phenoxy) is 3. The van der Waals surface area contributed by atoms with Crippen molar-refractivity contribution < 1.29 is 18.6 Å². The summed E-state index contributed by atoms with van der Waals surface area (Å²) in [7, 11) is 0. The molecule has 0 saturated carbocycles. The Labute approximate surface area is 76.2 Å². The molecule has 0 aromatic carbocycles. The van der Waals surface area contributed by atoms with Crippen LogP contribution in [0.5, 0.6) is 0 Å². The largest absolute Gasteiger partial charge is 0.371 e. The molecule has 2 aliphatic rings. The van der Waals surface area contributed by atoms with Crippen LogP contribution in [-0.2, 0) is 14.2 Å². The molecule has 2 heterocycles. The zero-order valence-electron chi connectivity index (χ0n) is 7.16. The van der Waals surface area contributed by atoms with E-state index in [9.17, 15) is 4.39 Å². The monoisotopic (exact) mass is 186 g/mol. The molecule has 2 fully saturated rings. The molecule has 3 nitrogen and oxygen atoms in total. The molecule has 0 N–H and O–H groups in total. The Bertz CT molecular complexity index is 229. The van der Waals surface area contributed by atoms with Gasteiger partial charge in [0.05, 0.1) is 13.2 Å². The summed E-state index contributed by atoms with van der Waals surface area (Å²) in [6.07, 6.45) is -0.220. The Morgan fingerprint density at radius 2 is 2.38 bits per heavy atom. The van der Waals surface area contributed by atoms with Crippen molar-refractivity contribution in [2.45, 2.75) is 18.3 Å². The molecule has 2 rings (SSSR count). The molecule has 4 heteroatoms. The van der Waals surface area contributed by atoms with Gasteiger partial charge in [-0.3, -0.25) is 0 Å². The summed E-state index contributed by atoms with van der Waals surface area (Å²) in [5.41, 5.74) is 0. The van der Waals surface area contributed by atoms with Crippen LogP contribution in [0.2, 0.25) is 0 Å². The minimum Gasteiger partial charge on any atom is -0.371 e. The van der Waals surface area contributed by atoms with Gasteiger partial charge in [0, 0.05) is 0 Å². The molecule has 0 amide bonds. The lowest BCUT2D eigenvalue weighted by atomic mass is 10.3. The van der Waals surface area contributed by atoms with Gasteiger partial charge in [0.2, 0.25) is 0 Å². The van der Waals surface area contributed by atoms with Crippen LogP contribution in [0.15, 0.2) is 0 Å². The van der Waals surface area contributed by atoms with E-state index in [4.69, 9.17) is 14.2 Å². The topological polar surface area (TPSA) is 34.3 Å². The molecule has 0 radical (unpaired) electrons. The van der Waals surface area contributed by atoms with E-state index in [1.165, 1.54) is 0 Å². The highest BCUT2D eigenvalue weighted by molar-refractivity contribution is 5.14. The van der Waals surface area contributed by atoms with Gasteiger partial charge in [-0.15, -0.1) is 0 Å². The van der Waals surface area contributed by atoms with Crippen molar-refractivity contribution in [2.75, 3.05) is 26.5 Å². The van der Waals surface area contributed by atoms with Crippen molar-refractivity contribution in [3.05, 3.63) is 0 Å². The van der Waals surface area contributed by atoms with E-state index in [0.717, 1.165) is 6.61 Å². The molecular formula is C9H11FO3. The highest BCUT2D eigenvalue weighted by Gasteiger charge is 2.37. The van der Waals surface area contributed by atoms with Gasteiger partial charge in [-0.2, -0.15) is 0 Å². The molecule has 0 aromatic rings. The minimum atomic E-state index is -0.448. The Balaban J connectivity index is 1.51. The molecule has 0 bridgehead atoms. The Kier molecular flexibility index (Phi) is 2.79. The first-order chi connectivity index (χ1) is 6.40. The van der Waals surface area contributed by atoms with Gasteiger partial charge < -0.3 is 14.2 Å². The van der Waals surface area contributed by atoms with Gasteiger partial charge in [-0.25, -0.2) is 4.39 Å². The van der Waals surface area contributed by atoms with E-state index in [1.54, 1.807) is 0 Å². The summed E-state index contributed by atoms with van der Waals surface area (Å²) in [6, 6.07) is 0. The van der Waals surface area contributed by atoms with Crippen molar-refractivity contribution in [3.8, 4) is 11.8 Å². The Hall–Kier alpha value is -0.630. The molecule has 0 spiro atoms. The summed E-state index contributed by atoms with van der Waals surface area (Å²) in [4.78, 5) is 0. The van der Waals surface area contributed by atoms with Crippen LogP contribution in [0.25, 0.3) is 0 Å². The summed E-state index contributed by atoms with van der Waals surface area (Å²) in [5, 5.41) is 0. The first kappa shape index (κ1) is 8.95. The van der Waals surface area contributed by atoms with Gasteiger partial charge in [-0.05, 0) is 0 Å². The molecule has 0 aliphatic carbocycles. The number of hydrogen-bond acceptors (Lipinski definition) is 3. The SMILES string of the molecule is FCC1OC1C#CCOCC1CO1.